The zero-order valence-corrected chi connectivity index (χ0v) is 12.7. The number of aliphatic hydroxyl groups is 1. The van der Waals surface area contributed by atoms with Crippen LogP contribution < -0.4 is 10.6 Å². The van der Waals surface area contributed by atoms with E-state index in [4.69, 9.17) is 5.11 Å². The fourth-order valence-electron chi connectivity index (χ4n) is 2.75. The number of carboxylic acids is 1. The summed E-state index contributed by atoms with van der Waals surface area (Å²) in [6.45, 7) is -0.364. The van der Waals surface area contributed by atoms with E-state index in [1.165, 1.54) is 0 Å². The van der Waals surface area contributed by atoms with Crippen molar-refractivity contribution >= 4 is 23.5 Å². The number of carbonyl (C=O) groups is 3. The van der Waals surface area contributed by atoms with E-state index < -0.39 is 23.2 Å². The second-order valence-electron chi connectivity index (χ2n) is 5.68. The molecule has 7 nitrogen and oxygen atoms in total. The molecule has 0 heterocycles. The Hall–Kier alpha value is -2.41. The number of hydrogen-bond donors (Lipinski definition) is 4. The van der Waals surface area contributed by atoms with Crippen molar-refractivity contribution in [1.82, 2.24) is 5.32 Å². The summed E-state index contributed by atoms with van der Waals surface area (Å²) in [5.41, 5.74) is -0.139. The van der Waals surface area contributed by atoms with Crippen LogP contribution in [0.25, 0.3) is 0 Å². The lowest BCUT2D eigenvalue weighted by atomic mass is 9.85. The third-order valence-electron chi connectivity index (χ3n) is 4.13. The number of carbonyl (C=O) groups excluding carboxylic acids is 2. The Morgan fingerprint density at radius 2 is 1.70 bits per heavy atom. The van der Waals surface area contributed by atoms with Crippen molar-refractivity contribution in [3.8, 4) is 0 Å². The molecule has 0 spiro atoms. The van der Waals surface area contributed by atoms with Gasteiger partial charge < -0.3 is 20.8 Å². The molecule has 2 amide bonds. The first kappa shape index (κ1) is 17.0. The SMILES string of the molecule is O=C(CNC(=O)C1(C(=O)O)CCCC1)Nc1ccc(CO)cc1. The number of carboxylic acid groups (broad SMARTS) is 1. The standard InChI is InChI=1S/C16H20N2O5/c19-10-11-3-5-12(6-4-11)18-13(20)9-17-14(21)16(15(22)23)7-1-2-8-16/h3-6,19H,1-2,7-10H2,(H,17,21)(H,18,20)(H,22,23). The summed E-state index contributed by atoms with van der Waals surface area (Å²) in [6.07, 6.45) is 2.00. The number of benzene rings is 1. The normalized spacial score (nSPS) is 15.9. The quantitative estimate of drug-likeness (QED) is 0.581. The summed E-state index contributed by atoms with van der Waals surface area (Å²) in [4.78, 5) is 35.4. The second-order valence-corrected chi connectivity index (χ2v) is 5.68. The van der Waals surface area contributed by atoms with Crippen molar-refractivity contribution in [2.75, 3.05) is 11.9 Å². The Labute approximate surface area is 133 Å². The van der Waals surface area contributed by atoms with Gasteiger partial charge in [-0.15, -0.1) is 0 Å². The topological polar surface area (TPSA) is 116 Å². The van der Waals surface area contributed by atoms with Crippen LogP contribution in [-0.4, -0.2) is 34.5 Å². The first-order valence-electron chi connectivity index (χ1n) is 7.49. The molecule has 1 saturated carbocycles. The molecule has 1 aliphatic carbocycles. The summed E-state index contributed by atoms with van der Waals surface area (Å²) in [6, 6.07) is 6.63. The van der Waals surface area contributed by atoms with E-state index in [2.05, 4.69) is 10.6 Å². The zero-order valence-electron chi connectivity index (χ0n) is 12.7. The lowest BCUT2D eigenvalue weighted by molar-refractivity contribution is -0.155. The van der Waals surface area contributed by atoms with Gasteiger partial charge in [-0.25, -0.2) is 0 Å². The third kappa shape index (κ3) is 3.87. The van der Waals surface area contributed by atoms with Crippen LogP contribution >= 0.6 is 0 Å². The number of anilines is 1. The number of amides is 2. The molecule has 0 saturated heterocycles. The molecule has 23 heavy (non-hydrogen) atoms. The lowest BCUT2D eigenvalue weighted by Crippen LogP contribution is -2.46. The molecule has 0 bridgehead atoms. The van der Waals surface area contributed by atoms with Crippen molar-refractivity contribution in [2.45, 2.75) is 32.3 Å². The van der Waals surface area contributed by atoms with E-state index in [9.17, 15) is 19.5 Å². The summed E-state index contributed by atoms with van der Waals surface area (Å²) < 4.78 is 0. The predicted octanol–water partition coefficient (Wildman–Crippen LogP) is 0.879. The van der Waals surface area contributed by atoms with Crippen LogP contribution in [0.5, 0.6) is 0 Å². The first-order chi connectivity index (χ1) is 11.0. The van der Waals surface area contributed by atoms with Gasteiger partial charge in [-0.05, 0) is 30.5 Å². The van der Waals surface area contributed by atoms with Gasteiger partial charge in [0.05, 0.1) is 13.2 Å². The van der Waals surface area contributed by atoms with Gasteiger partial charge in [0, 0.05) is 5.69 Å². The molecule has 1 fully saturated rings. The van der Waals surface area contributed by atoms with Crippen LogP contribution in [0.15, 0.2) is 24.3 Å². The van der Waals surface area contributed by atoms with Gasteiger partial charge in [0.2, 0.25) is 11.8 Å². The van der Waals surface area contributed by atoms with Gasteiger partial charge in [0.25, 0.3) is 0 Å². The Balaban J connectivity index is 1.88. The Morgan fingerprint density at radius 1 is 1.09 bits per heavy atom. The molecule has 0 atom stereocenters. The predicted molar refractivity (Wildman–Crippen MR) is 82.5 cm³/mol. The Kier molecular flexibility index (Phi) is 5.33. The smallest absolute Gasteiger partial charge is 0.319 e. The van der Waals surface area contributed by atoms with Crippen LogP contribution in [0, 0.1) is 5.41 Å². The molecule has 0 unspecified atom stereocenters. The van der Waals surface area contributed by atoms with Gasteiger partial charge in [-0.2, -0.15) is 0 Å². The maximum Gasteiger partial charge on any atom is 0.319 e. The minimum atomic E-state index is -1.40. The highest BCUT2D eigenvalue weighted by Gasteiger charge is 2.48. The van der Waals surface area contributed by atoms with Crippen molar-refractivity contribution in [2.24, 2.45) is 5.41 Å². The highest BCUT2D eigenvalue weighted by Crippen LogP contribution is 2.38. The molecule has 1 aromatic rings. The number of rotatable bonds is 6. The monoisotopic (exact) mass is 320 g/mol. The molecule has 7 heteroatoms. The van der Waals surface area contributed by atoms with Crippen LogP contribution in [0.1, 0.15) is 31.2 Å². The summed E-state index contributed by atoms with van der Waals surface area (Å²) >= 11 is 0. The van der Waals surface area contributed by atoms with E-state index in [0.717, 1.165) is 5.56 Å². The molecular weight excluding hydrogens is 300 g/mol. The van der Waals surface area contributed by atoms with Gasteiger partial charge in [-0.3, -0.25) is 14.4 Å². The first-order valence-corrected chi connectivity index (χ1v) is 7.49. The van der Waals surface area contributed by atoms with Gasteiger partial charge in [0.15, 0.2) is 0 Å². The van der Waals surface area contributed by atoms with Crippen molar-refractivity contribution in [3.63, 3.8) is 0 Å². The average Bonchev–Trinajstić information content (AvgIpc) is 3.04. The molecule has 2 rings (SSSR count). The molecular formula is C16H20N2O5. The highest BCUT2D eigenvalue weighted by atomic mass is 16.4. The summed E-state index contributed by atoms with van der Waals surface area (Å²) in [5, 5.41) is 23.3. The summed E-state index contributed by atoms with van der Waals surface area (Å²) in [5.74, 6) is -2.17. The second kappa shape index (κ2) is 7.23. The molecule has 4 N–H and O–H groups in total. The van der Waals surface area contributed by atoms with Gasteiger partial charge >= 0.3 is 5.97 Å². The van der Waals surface area contributed by atoms with Crippen molar-refractivity contribution in [1.29, 1.82) is 0 Å². The van der Waals surface area contributed by atoms with Crippen molar-refractivity contribution < 1.29 is 24.6 Å². The molecule has 0 aromatic heterocycles. The maximum atomic E-state index is 12.1. The minimum absolute atomic E-state index is 0.0818. The van der Waals surface area contributed by atoms with E-state index in [1.54, 1.807) is 24.3 Å². The summed E-state index contributed by atoms with van der Waals surface area (Å²) in [7, 11) is 0. The van der Waals surface area contributed by atoms with Gasteiger partial charge in [0.1, 0.15) is 5.41 Å². The third-order valence-corrected chi connectivity index (χ3v) is 4.13. The molecule has 1 aliphatic rings. The minimum Gasteiger partial charge on any atom is -0.480 e. The molecule has 0 radical (unpaired) electrons. The Morgan fingerprint density at radius 3 is 2.22 bits per heavy atom. The molecule has 1 aromatic carbocycles. The number of hydrogen-bond acceptors (Lipinski definition) is 4. The van der Waals surface area contributed by atoms with Crippen LogP contribution in [0.4, 0.5) is 5.69 Å². The van der Waals surface area contributed by atoms with Crippen LogP contribution in [-0.2, 0) is 21.0 Å². The van der Waals surface area contributed by atoms with E-state index >= 15 is 0 Å². The Bertz CT molecular complexity index is 591. The van der Waals surface area contributed by atoms with E-state index in [1.807, 2.05) is 0 Å². The number of aliphatic hydroxyl groups excluding tert-OH is 1. The number of nitrogens with one attached hydrogen (secondary N) is 2. The van der Waals surface area contributed by atoms with Gasteiger partial charge in [-0.1, -0.05) is 25.0 Å². The van der Waals surface area contributed by atoms with E-state index in [0.29, 0.717) is 31.4 Å². The fraction of sp³-hybridized carbons (Fsp3) is 0.438. The lowest BCUT2D eigenvalue weighted by Gasteiger charge is -2.22. The highest BCUT2D eigenvalue weighted by molar-refractivity contribution is 6.04. The average molecular weight is 320 g/mol. The fourth-order valence-corrected chi connectivity index (χ4v) is 2.75. The zero-order chi connectivity index (χ0) is 16.9. The number of aliphatic carboxylic acids is 1. The maximum absolute atomic E-state index is 12.1. The largest absolute Gasteiger partial charge is 0.480 e. The molecule has 124 valence electrons. The molecule has 0 aliphatic heterocycles. The van der Waals surface area contributed by atoms with Crippen molar-refractivity contribution in [3.05, 3.63) is 29.8 Å². The van der Waals surface area contributed by atoms with E-state index in [-0.39, 0.29) is 13.2 Å². The van der Waals surface area contributed by atoms with Crippen LogP contribution in [0.3, 0.4) is 0 Å². The van der Waals surface area contributed by atoms with Crippen LogP contribution in [0.2, 0.25) is 0 Å².